The average Bonchev–Trinajstić information content (AvgIpc) is 3.13. The van der Waals surface area contributed by atoms with Gasteiger partial charge in [0.25, 0.3) is 5.91 Å². The third kappa shape index (κ3) is 4.82. The molecule has 0 radical (unpaired) electrons. The highest BCUT2D eigenvalue weighted by Crippen LogP contribution is 2.24. The number of halogens is 3. The number of carbonyl (C=O) groups excluding carboxylic acids is 1. The molecule has 0 bridgehead atoms. The smallest absolute Gasteiger partial charge is 0.406 e. The number of benzene rings is 1. The molecule has 0 saturated heterocycles. The van der Waals surface area contributed by atoms with Crippen LogP contribution in [0.4, 0.5) is 13.2 Å². The van der Waals surface area contributed by atoms with Crippen LogP contribution in [0.5, 0.6) is 5.75 Å². The van der Waals surface area contributed by atoms with Crippen LogP contribution in [-0.2, 0) is 6.54 Å². The number of thiophene rings is 1. The van der Waals surface area contributed by atoms with Gasteiger partial charge in [0, 0.05) is 18.3 Å². The van der Waals surface area contributed by atoms with E-state index in [1.807, 2.05) is 23.6 Å². The summed E-state index contributed by atoms with van der Waals surface area (Å²) in [5.41, 5.74) is 1.71. The molecule has 8 heteroatoms. The Bertz CT molecular complexity index is 895. The van der Waals surface area contributed by atoms with Crippen LogP contribution in [0, 0.1) is 0 Å². The first-order chi connectivity index (χ1) is 12.4. The summed E-state index contributed by atoms with van der Waals surface area (Å²) in [4.78, 5) is 17.5. The van der Waals surface area contributed by atoms with Gasteiger partial charge in [0.05, 0.1) is 10.6 Å². The zero-order valence-corrected chi connectivity index (χ0v) is 14.1. The molecule has 4 nitrogen and oxygen atoms in total. The van der Waals surface area contributed by atoms with Gasteiger partial charge in [-0.15, -0.1) is 24.5 Å². The van der Waals surface area contributed by atoms with Crippen LogP contribution in [0.2, 0.25) is 0 Å². The van der Waals surface area contributed by atoms with Crippen molar-refractivity contribution in [3.8, 4) is 16.3 Å². The van der Waals surface area contributed by atoms with Gasteiger partial charge in [-0.3, -0.25) is 9.78 Å². The van der Waals surface area contributed by atoms with Crippen LogP contribution in [-0.4, -0.2) is 17.3 Å². The normalized spacial score (nSPS) is 11.2. The lowest BCUT2D eigenvalue weighted by molar-refractivity contribution is -0.274. The van der Waals surface area contributed by atoms with Crippen molar-refractivity contribution >= 4 is 17.2 Å². The molecular weight excluding hydrogens is 365 g/mol. The highest BCUT2D eigenvalue weighted by molar-refractivity contribution is 7.13. The van der Waals surface area contributed by atoms with Crippen LogP contribution in [0.3, 0.4) is 0 Å². The summed E-state index contributed by atoms with van der Waals surface area (Å²) in [6, 6.07) is 12.4. The number of hydrogen-bond acceptors (Lipinski definition) is 4. The fourth-order valence-electron chi connectivity index (χ4n) is 2.26. The maximum absolute atomic E-state index is 12.3. The Balaban J connectivity index is 1.66. The van der Waals surface area contributed by atoms with Crippen molar-refractivity contribution in [2.45, 2.75) is 12.9 Å². The molecule has 0 saturated carbocycles. The Morgan fingerprint density at radius 2 is 2.00 bits per heavy atom. The number of hydrogen-bond donors (Lipinski definition) is 1. The minimum Gasteiger partial charge on any atom is -0.406 e. The van der Waals surface area contributed by atoms with Gasteiger partial charge in [0.2, 0.25) is 0 Å². The summed E-state index contributed by atoms with van der Waals surface area (Å²) in [5.74, 6) is -0.929. The number of aromatic nitrogens is 1. The van der Waals surface area contributed by atoms with Gasteiger partial charge in [0.1, 0.15) is 5.75 Å². The van der Waals surface area contributed by atoms with E-state index in [2.05, 4.69) is 15.0 Å². The Morgan fingerprint density at radius 3 is 2.73 bits per heavy atom. The van der Waals surface area contributed by atoms with Crippen molar-refractivity contribution < 1.29 is 22.7 Å². The number of rotatable bonds is 5. The molecule has 2 aromatic heterocycles. The summed E-state index contributed by atoms with van der Waals surface area (Å²) >= 11 is 1.56. The van der Waals surface area contributed by atoms with Crippen molar-refractivity contribution in [2.24, 2.45) is 0 Å². The van der Waals surface area contributed by atoms with Crippen molar-refractivity contribution in [3.63, 3.8) is 0 Å². The van der Waals surface area contributed by atoms with Crippen molar-refractivity contribution in [1.29, 1.82) is 0 Å². The van der Waals surface area contributed by atoms with Crippen LogP contribution >= 0.6 is 11.3 Å². The van der Waals surface area contributed by atoms with E-state index in [9.17, 15) is 18.0 Å². The molecule has 3 rings (SSSR count). The molecule has 0 aliphatic rings. The maximum atomic E-state index is 12.3. The van der Waals surface area contributed by atoms with E-state index in [0.29, 0.717) is 0 Å². The van der Waals surface area contributed by atoms with Crippen molar-refractivity contribution in [2.75, 3.05) is 0 Å². The lowest BCUT2D eigenvalue weighted by Crippen LogP contribution is -2.23. The fraction of sp³-hybridized carbons (Fsp3) is 0.111. The summed E-state index contributed by atoms with van der Waals surface area (Å²) in [6.45, 7) is 0.226. The number of nitrogens with zero attached hydrogens (tertiary/aromatic N) is 1. The standard InChI is InChI=1S/C18H13F3N2O2S/c19-18(20,21)25-14-4-1-3-13(10-14)17(24)23-11-12-6-7-22-15(9-12)16-5-2-8-26-16/h1-10H,11H2,(H,23,24). The second kappa shape index (κ2) is 7.57. The lowest BCUT2D eigenvalue weighted by Gasteiger charge is -2.10. The molecule has 0 aliphatic heterocycles. The van der Waals surface area contributed by atoms with Crippen LogP contribution in [0.15, 0.2) is 60.1 Å². The molecule has 26 heavy (non-hydrogen) atoms. The molecule has 0 fully saturated rings. The summed E-state index contributed by atoms with van der Waals surface area (Å²) in [7, 11) is 0. The Labute approximate surface area is 151 Å². The molecule has 1 N–H and O–H groups in total. The van der Waals surface area contributed by atoms with Gasteiger partial charge in [-0.2, -0.15) is 0 Å². The van der Waals surface area contributed by atoms with Crippen LogP contribution in [0.1, 0.15) is 15.9 Å². The largest absolute Gasteiger partial charge is 0.573 e. The Hall–Kier alpha value is -2.87. The zero-order chi connectivity index (χ0) is 18.6. The molecule has 0 aliphatic carbocycles. The molecule has 2 heterocycles. The van der Waals surface area contributed by atoms with Crippen LogP contribution < -0.4 is 10.1 Å². The van der Waals surface area contributed by atoms with E-state index >= 15 is 0 Å². The molecule has 0 spiro atoms. The zero-order valence-electron chi connectivity index (χ0n) is 13.3. The number of pyridine rings is 1. The maximum Gasteiger partial charge on any atom is 0.573 e. The topological polar surface area (TPSA) is 51.2 Å². The van der Waals surface area contributed by atoms with Gasteiger partial charge < -0.3 is 10.1 Å². The first kappa shape index (κ1) is 17.9. The second-order valence-corrected chi connectivity index (χ2v) is 6.23. The number of amides is 1. The summed E-state index contributed by atoms with van der Waals surface area (Å²) in [6.07, 6.45) is -3.15. The predicted molar refractivity (Wildman–Crippen MR) is 91.8 cm³/mol. The van der Waals surface area contributed by atoms with E-state index in [1.54, 1.807) is 23.6 Å². The van der Waals surface area contributed by atoms with Gasteiger partial charge >= 0.3 is 6.36 Å². The number of alkyl halides is 3. The number of nitrogens with one attached hydrogen (secondary N) is 1. The van der Waals surface area contributed by atoms with Crippen molar-refractivity contribution in [3.05, 3.63) is 71.2 Å². The molecule has 134 valence electrons. The quantitative estimate of drug-likeness (QED) is 0.704. The van der Waals surface area contributed by atoms with E-state index in [0.717, 1.165) is 28.3 Å². The highest BCUT2D eigenvalue weighted by atomic mass is 32.1. The molecule has 1 amide bonds. The van der Waals surface area contributed by atoms with Gasteiger partial charge in [0.15, 0.2) is 0 Å². The number of carbonyl (C=O) groups is 1. The van der Waals surface area contributed by atoms with E-state index in [1.165, 1.54) is 12.1 Å². The monoisotopic (exact) mass is 378 g/mol. The fourth-order valence-corrected chi connectivity index (χ4v) is 2.96. The first-order valence-electron chi connectivity index (χ1n) is 7.53. The summed E-state index contributed by atoms with van der Waals surface area (Å²) in [5, 5.41) is 4.62. The Kier molecular flexibility index (Phi) is 5.22. The SMILES string of the molecule is O=C(NCc1ccnc(-c2cccs2)c1)c1cccc(OC(F)(F)F)c1. The van der Waals surface area contributed by atoms with Crippen molar-refractivity contribution in [1.82, 2.24) is 10.3 Å². The predicted octanol–water partition coefficient (Wildman–Crippen LogP) is 4.64. The minimum absolute atomic E-state index is 0.0827. The van der Waals surface area contributed by atoms with E-state index < -0.39 is 18.0 Å². The van der Waals surface area contributed by atoms with E-state index in [4.69, 9.17) is 0 Å². The van der Waals surface area contributed by atoms with Gasteiger partial charge in [-0.1, -0.05) is 12.1 Å². The lowest BCUT2D eigenvalue weighted by atomic mass is 10.1. The first-order valence-corrected chi connectivity index (χ1v) is 8.41. The molecule has 3 aromatic rings. The van der Waals surface area contributed by atoms with Crippen LogP contribution in [0.25, 0.3) is 10.6 Å². The third-order valence-corrected chi connectivity index (χ3v) is 4.27. The average molecular weight is 378 g/mol. The van der Waals surface area contributed by atoms with Gasteiger partial charge in [-0.05, 0) is 47.3 Å². The van der Waals surface area contributed by atoms with Gasteiger partial charge in [-0.25, -0.2) is 0 Å². The Morgan fingerprint density at radius 1 is 1.15 bits per heavy atom. The highest BCUT2D eigenvalue weighted by Gasteiger charge is 2.31. The summed E-state index contributed by atoms with van der Waals surface area (Å²) < 4.78 is 40.6. The molecule has 1 aromatic carbocycles. The third-order valence-electron chi connectivity index (χ3n) is 3.38. The number of ether oxygens (including phenoxy) is 1. The minimum atomic E-state index is -4.80. The second-order valence-electron chi connectivity index (χ2n) is 5.28. The molecular formula is C18H13F3N2O2S. The molecule has 0 atom stereocenters. The van der Waals surface area contributed by atoms with E-state index in [-0.39, 0.29) is 12.1 Å². The molecule has 0 unspecified atom stereocenters.